The Morgan fingerprint density at radius 3 is 2.79 bits per heavy atom. The number of amides is 1. The lowest BCUT2D eigenvalue weighted by atomic mass is 9.92. The number of carboxylic acid groups (broad SMARTS) is 1. The van der Waals surface area contributed by atoms with Crippen LogP contribution in [0.15, 0.2) is 12.2 Å². The van der Waals surface area contributed by atoms with E-state index in [0.717, 1.165) is 12.8 Å². The van der Waals surface area contributed by atoms with E-state index in [4.69, 9.17) is 9.84 Å². The topological polar surface area (TPSA) is 66.8 Å². The van der Waals surface area contributed by atoms with E-state index in [1.54, 1.807) is 4.90 Å². The molecule has 2 bridgehead atoms. The highest BCUT2D eigenvalue weighted by molar-refractivity contribution is 5.80. The lowest BCUT2D eigenvalue weighted by molar-refractivity contribution is -0.150. The maximum atomic E-state index is 12.5. The molecule has 1 heterocycles. The molecule has 0 aromatic heterocycles. The molecule has 1 amide bonds. The maximum Gasteiger partial charge on any atom is 0.306 e. The SMILES string of the molecule is O=C(O)C[C@H]1CN(C(=O)[C@@H]2C[C@H]3C=C[C@H]2C3)CCO1. The number of carboxylic acids is 1. The number of allylic oxidation sites excluding steroid dienone is 2. The van der Waals surface area contributed by atoms with Gasteiger partial charge in [0.25, 0.3) is 0 Å². The van der Waals surface area contributed by atoms with Gasteiger partial charge in [-0.25, -0.2) is 0 Å². The lowest BCUT2D eigenvalue weighted by Crippen LogP contribution is -2.48. The number of hydrogen-bond donors (Lipinski definition) is 1. The molecular weight excluding hydrogens is 246 g/mol. The van der Waals surface area contributed by atoms with Crippen molar-refractivity contribution >= 4 is 11.9 Å². The van der Waals surface area contributed by atoms with E-state index < -0.39 is 5.97 Å². The molecule has 0 aromatic rings. The molecule has 3 rings (SSSR count). The highest BCUT2D eigenvalue weighted by Gasteiger charge is 2.42. The summed E-state index contributed by atoms with van der Waals surface area (Å²) in [5.74, 6) is 0.407. The first-order valence-corrected chi connectivity index (χ1v) is 6.94. The Balaban J connectivity index is 1.60. The molecule has 0 radical (unpaired) electrons. The number of carbonyl (C=O) groups excluding carboxylic acids is 1. The minimum Gasteiger partial charge on any atom is -0.481 e. The summed E-state index contributed by atoms with van der Waals surface area (Å²) in [6.45, 7) is 1.45. The summed E-state index contributed by atoms with van der Waals surface area (Å²) in [6.07, 6.45) is 6.08. The third kappa shape index (κ3) is 2.52. The lowest BCUT2D eigenvalue weighted by Gasteiger charge is -2.35. The van der Waals surface area contributed by atoms with Crippen LogP contribution in [0.3, 0.4) is 0 Å². The van der Waals surface area contributed by atoms with Crippen LogP contribution < -0.4 is 0 Å². The highest BCUT2D eigenvalue weighted by atomic mass is 16.5. The van der Waals surface area contributed by atoms with Crippen LogP contribution in [0.2, 0.25) is 0 Å². The van der Waals surface area contributed by atoms with Crippen molar-refractivity contribution in [1.29, 1.82) is 0 Å². The van der Waals surface area contributed by atoms with E-state index in [-0.39, 0.29) is 24.3 Å². The molecule has 2 aliphatic carbocycles. The molecule has 1 aliphatic heterocycles. The van der Waals surface area contributed by atoms with Crippen LogP contribution in [0.5, 0.6) is 0 Å². The van der Waals surface area contributed by atoms with E-state index in [1.807, 2.05) is 0 Å². The van der Waals surface area contributed by atoms with E-state index in [2.05, 4.69) is 12.2 Å². The molecule has 1 saturated carbocycles. The number of ether oxygens (including phenoxy) is 1. The van der Waals surface area contributed by atoms with Gasteiger partial charge in [0.1, 0.15) is 0 Å². The molecular formula is C14H19NO4. The summed E-state index contributed by atoms with van der Waals surface area (Å²) in [5.41, 5.74) is 0. The Morgan fingerprint density at radius 1 is 1.32 bits per heavy atom. The summed E-state index contributed by atoms with van der Waals surface area (Å²) in [5, 5.41) is 8.80. The second-order valence-corrected chi connectivity index (χ2v) is 5.76. The predicted molar refractivity (Wildman–Crippen MR) is 67.4 cm³/mol. The van der Waals surface area contributed by atoms with Gasteiger partial charge in [-0.1, -0.05) is 12.2 Å². The van der Waals surface area contributed by atoms with Crippen LogP contribution in [0, 0.1) is 17.8 Å². The Labute approximate surface area is 112 Å². The number of nitrogens with zero attached hydrogens (tertiary/aromatic N) is 1. The standard InChI is InChI=1S/C14H19NO4/c16-13(17)7-11-8-15(3-4-19-11)14(18)12-6-9-1-2-10(12)5-9/h1-2,9-12H,3-8H2,(H,16,17)/t9-,10-,11-,12+/m0/s1. The fourth-order valence-corrected chi connectivity index (χ4v) is 3.54. The zero-order valence-electron chi connectivity index (χ0n) is 10.8. The molecule has 3 aliphatic rings. The predicted octanol–water partition coefficient (Wildman–Crippen LogP) is 0.901. The Bertz CT molecular complexity index is 420. The maximum absolute atomic E-state index is 12.5. The van der Waals surface area contributed by atoms with Crippen molar-refractivity contribution in [3.63, 3.8) is 0 Å². The molecule has 2 fully saturated rings. The number of rotatable bonds is 3. The van der Waals surface area contributed by atoms with Crippen molar-refractivity contribution in [3.05, 3.63) is 12.2 Å². The van der Waals surface area contributed by atoms with Crippen LogP contribution >= 0.6 is 0 Å². The first kappa shape index (κ1) is 12.7. The second-order valence-electron chi connectivity index (χ2n) is 5.76. The van der Waals surface area contributed by atoms with Gasteiger partial charge in [0.15, 0.2) is 0 Å². The van der Waals surface area contributed by atoms with E-state index in [9.17, 15) is 9.59 Å². The third-order valence-corrected chi connectivity index (χ3v) is 4.45. The minimum atomic E-state index is -0.873. The zero-order chi connectivity index (χ0) is 13.4. The molecule has 1 N–H and O–H groups in total. The van der Waals surface area contributed by atoms with Crippen molar-refractivity contribution in [2.45, 2.75) is 25.4 Å². The summed E-state index contributed by atoms with van der Waals surface area (Å²) in [7, 11) is 0. The Kier molecular flexibility index (Phi) is 3.31. The largest absolute Gasteiger partial charge is 0.481 e. The molecule has 5 nitrogen and oxygen atoms in total. The molecule has 1 saturated heterocycles. The first-order valence-electron chi connectivity index (χ1n) is 6.94. The van der Waals surface area contributed by atoms with Gasteiger partial charge in [-0.15, -0.1) is 0 Å². The Hall–Kier alpha value is -1.36. The first-order chi connectivity index (χ1) is 9.13. The van der Waals surface area contributed by atoms with E-state index >= 15 is 0 Å². The van der Waals surface area contributed by atoms with Crippen molar-refractivity contribution < 1.29 is 19.4 Å². The van der Waals surface area contributed by atoms with E-state index in [1.165, 1.54) is 0 Å². The molecule has 104 valence electrons. The highest BCUT2D eigenvalue weighted by Crippen LogP contribution is 2.44. The van der Waals surface area contributed by atoms with Gasteiger partial charge < -0.3 is 14.7 Å². The van der Waals surface area contributed by atoms with Gasteiger partial charge in [-0.3, -0.25) is 9.59 Å². The Morgan fingerprint density at radius 2 is 2.16 bits per heavy atom. The number of morpholine rings is 1. The third-order valence-electron chi connectivity index (χ3n) is 4.45. The fourth-order valence-electron chi connectivity index (χ4n) is 3.54. The van der Waals surface area contributed by atoms with Crippen LogP contribution in [0.25, 0.3) is 0 Å². The number of aliphatic carboxylic acids is 1. The van der Waals surface area contributed by atoms with E-state index in [0.29, 0.717) is 31.5 Å². The second kappa shape index (κ2) is 4.96. The number of hydrogen-bond acceptors (Lipinski definition) is 3. The fraction of sp³-hybridized carbons (Fsp3) is 0.714. The average molecular weight is 265 g/mol. The zero-order valence-corrected chi connectivity index (χ0v) is 10.8. The van der Waals surface area contributed by atoms with Crippen LogP contribution in [0.1, 0.15) is 19.3 Å². The van der Waals surface area contributed by atoms with Gasteiger partial charge >= 0.3 is 5.97 Å². The number of fused-ring (bicyclic) bond motifs is 2. The minimum absolute atomic E-state index is 0.0274. The summed E-state index contributed by atoms with van der Waals surface area (Å²) >= 11 is 0. The monoisotopic (exact) mass is 265 g/mol. The summed E-state index contributed by atoms with van der Waals surface area (Å²) in [4.78, 5) is 25.0. The van der Waals surface area contributed by atoms with Gasteiger partial charge in [-0.2, -0.15) is 0 Å². The quantitative estimate of drug-likeness (QED) is 0.770. The molecule has 0 unspecified atom stereocenters. The number of carbonyl (C=O) groups is 2. The van der Waals surface area contributed by atoms with Gasteiger partial charge in [0.2, 0.25) is 5.91 Å². The van der Waals surface area contributed by atoms with Crippen LogP contribution in [0.4, 0.5) is 0 Å². The van der Waals surface area contributed by atoms with Crippen molar-refractivity contribution in [2.24, 2.45) is 17.8 Å². The molecule has 4 atom stereocenters. The van der Waals surface area contributed by atoms with Crippen molar-refractivity contribution in [3.8, 4) is 0 Å². The van der Waals surface area contributed by atoms with Crippen molar-refractivity contribution in [1.82, 2.24) is 4.90 Å². The van der Waals surface area contributed by atoms with Gasteiger partial charge in [-0.05, 0) is 24.7 Å². The normalized spacial score (nSPS) is 36.7. The molecule has 19 heavy (non-hydrogen) atoms. The summed E-state index contributed by atoms with van der Waals surface area (Å²) < 4.78 is 5.41. The average Bonchev–Trinajstić information content (AvgIpc) is 2.99. The molecule has 0 aromatic carbocycles. The van der Waals surface area contributed by atoms with Crippen LogP contribution in [-0.2, 0) is 14.3 Å². The summed E-state index contributed by atoms with van der Waals surface area (Å²) in [6, 6.07) is 0. The van der Waals surface area contributed by atoms with Crippen molar-refractivity contribution in [2.75, 3.05) is 19.7 Å². The molecule has 5 heteroatoms. The molecule has 0 spiro atoms. The van der Waals surface area contributed by atoms with Crippen LogP contribution in [-0.4, -0.2) is 47.7 Å². The smallest absolute Gasteiger partial charge is 0.306 e. The van der Waals surface area contributed by atoms with Gasteiger partial charge in [0.05, 0.1) is 19.1 Å². The van der Waals surface area contributed by atoms with Gasteiger partial charge in [0, 0.05) is 19.0 Å².